The maximum atomic E-state index is 13.6. The third kappa shape index (κ3) is 5.72. The molecular formula is C27H30F4N4O. The highest BCUT2D eigenvalue weighted by Gasteiger charge is 2.39. The Kier molecular flexibility index (Phi) is 7.01. The lowest BCUT2D eigenvalue weighted by Crippen LogP contribution is -2.54. The third-order valence-electron chi connectivity index (χ3n) is 7.19. The van der Waals surface area contributed by atoms with Crippen LogP contribution in [0, 0.1) is 17.7 Å². The van der Waals surface area contributed by atoms with Crippen LogP contribution in [-0.2, 0) is 6.18 Å². The van der Waals surface area contributed by atoms with Crippen molar-refractivity contribution in [1.29, 1.82) is 0 Å². The van der Waals surface area contributed by atoms with E-state index in [9.17, 15) is 17.6 Å². The second-order valence-electron chi connectivity index (χ2n) is 9.98. The fourth-order valence-electron chi connectivity index (χ4n) is 5.55. The Bertz CT molecular complexity index is 1150. The van der Waals surface area contributed by atoms with Gasteiger partial charge in [0.15, 0.2) is 5.69 Å². The molecule has 3 unspecified atom stereocenters. The number of halogens is 4. The monoisotopic (exact) mass is 502 g/mol. The summed E-state index contributed by atoms with van der Waals surface area (Å²) in [5.74, 6) is 0.151. The Labute approximate surface area is 208 Å². The second-order valence-corrected chi connectivity index (χ2v) is 9.98. The summed E-state index contributed by atoms with van der Waals surface area (Å²) in [5.41, 5.74) is 0.272. The number of ether oxygens (including phenoxy) is 1. The number of allylic oxidation sites excluding steroid dienone is 2. The molecule has 1 aromatic heterocycles. The van der Waals surface area contributed by atoms with Crippen LogP contribution in [0.5, 0.6) is 11.6 Å². The highest BCUT2D eigenvalue weighted by molar-refractivity contribution is 5.38. The van der Waals surface area contributed by atoms with Gasteiger partial charge in [0.2, 0.25) is 11.8 Å². The van der Waals surface area contributed by atoms with Gasteiger partial charge in [-0.25, -0.2) is 9.37 Å². The molecule has 192 valence electrons. The first-order valence-electron chi connectivity index (χ1n) is 12.5. The summed E-state index contributed by atoms with van der Waals surface area (Å²) >= 11 is 0. The van der Waals surface area contributed by atoms with Gasteiger partial charge in [0.05, 0.1) is 0 Å². The minimum absolute atomic E-state index is 0.00134. The number of hydrogen-bond donors (Lipinski definition) is 0. The van der Waals surface area contributed by atoms with Crippen molar-refractivity contribution in [3.8, 4) is 11.6 Å². The van der Waals surface area contributed by atoms with E-state index in [1.165, 1.54) is 23.8 Å². The van der Waals surface area contributed by atoms with Gasteiger partial charge in [-0.2, -0.15) is 18.2 Å². The van der Waals surface area contributed by atoms with Crippen LogP contribution in [0.2, 0.25) is 0 Å². The molecule has 1 aromatic carbocycles. The molecule has 0 spiro atoms. The van der Waals surface area contributed by atoms with Gasteiger partial charge in [-0.05, 0) is 61.8 Å². The van der Waals surface area contributed by atoms with Gasteiger partial charge < -0.3 is 9.64 Å². The van der Waals surface area contributed by atoms with Crippen molar-refractivity contribution < 1.29 is 22.3 Å². The molecule has 5 nitrogen and oxygen atoms in total. The van der Waals surface area contributed by atoms with Crippen molar-refractivity contribution in [2.24, 2.45) is 11.8 Å². The normalized spacial score (nSPS) is 24.9. The summed E-state index contributed by atoms with van der Waals surface area (Å²) in [5, 5.41) is 0. The maximum Gasteiger partial charge on any atom is 0.433 e. The highest BCUT2D eigenvalue weighted by Crippen LogP contribution is 2.36. The minimum atomic E-state index is -4.66. The number of benzene rings is 1. The van der Waals surface area contributed by atoms with Crippen LogP contribution in [0.15, 0.2) is 54.1 Å². The minimum Gasteiger partial charge on any atom is -0.439 e. The molecule has 36 heavy (non-hydrogen) atoms. The third-order valence-corrected chi connectivity index (χ3v) is 7.19. The van der Waals surface area contributed by atoms with E-state index in [2.05, 4.69) is 40.0 Å². The van der Waals surface area contributed by atoms with Gasteiger partial charge in [-0.3, -0.25) is 4.90 Å². The van der Waals surface area contributed by atoms with E-state index in [0.29, 0.717) is 31.0 Å². The molecule has 1 aliphatic carbocycles. The van der Waals surface area contributed by atoms with Crippen LogP contribution in [0.3, 0.4) is 0 Å². The number of nitrogens with zero attached hydrogens (tertiary/aromatic N) is 4. The van der Waals surface area contributed by atoms with E-state index in [4.69, 9.17) is 4.74 Å². The summed E-state index contributed by atoms with van der Waals surface area (Å²) in [7, 11) is 0. The molecule has 3 heterocycles. The lowest BCUT2D eigenvalue weighted by atomic mass is 9.83. The van der Waals surface area contributed by atoms with E-state index < -0.39 is 17.7 Å². The summed E-state index contributed by atoms with van der Waals surface area (Å²) < 4.78 is 60.0. The molecule has 0 bridgehead atoms. The standard InChI is InChI=1S/C27H30F4N4O/c1-18-5-2-6-19(13-18)16-34-11-4-7-20-17-35(12-10-23(20)34)26-32-24(27(29,30)31)15-25(33-26)36-22-9-3-8-21(28)14-22/h2-3,6,8-9,13-15,18,20,23H,4-5,7,10-12,16-17H2,1H3. The Morgan fingerprint density at radius 2 is 1.97 bits per heavy atom. The molecule has 0 radical (unpaired) electrons. The summed E-state index contributed by atoms with van der Waals surface area (Å²) in [6, 6.07) is 6.38. The van der Waals surface area contributed by atoms with E-state index in [-0.39, 0.29) is 17.6 Å². The predicted molar refractivity (Wildman–Crippen MR) is 129 cm³/mol. The fourth-order valence-corrected chi connectivity index (χ4v) is 5.55. The quantitative estimate of drug-likeness (QED) is 0.453. The van der Waals surface area contributed by atoms with Gasteiger partial charge in [0.25, 0.3) is 0 Å². The van der Waals surface area contributed by atoms with Crippen LogP contribution in [0.25, 0.3) is 0 Å². The topological polar surface area (TPSA) is 41.5 Å². The summed E-state index contributed by atoms with van der Waals surface area (Å²) in [6.45, 7) is 5.32. The fraction of sp³-hybridized carbons (Fsp3) is 0.481. The molecule has 0 N–H and O–H groups in total. The first-order valence-corrected chi connectivity index (χ1v) is 12.5. The van der Waals surface area contributed by atoms with Crippen molar-refractivity contribution >= 4 is 5.95 Å². The number of anilines is 1. The molecule has 3 atom stereocenters. The average Bonchev–Trinajstić information content (AvgIpc) is 2.83. The van der Waals surface area contributed by atoms with Crippen molar-refractivity contribution in [2.75, 3.05) is 31.1 Å². The number of hydrogen-bond acceptors (Lipinski definition) is 5. The first kappa shape index (κ1) is 24.7. The molecule has 0 amide bonds. The molecule has 2 saturated heterocycles. The Balaban J connectivity index is 1.34. The van der Waals surface area contributed by atoms with Gasteiger partial charge in [0, 0.05) is 37.8 Å². The summed E-state index contributed by atoms with van der Waals surface area (Å²) in [6.07, 6.45) is 6.12. The lowest BCUT2D eigenvalue weighted by molar-refractivity contribution is -0.141. The second kappa shape index (κ2) is 10.2. The number of likely N-dealkylation sites (tertiary alicyclic amines) is 1. The highest BCUT2D eigenvalue weighted by atomic mass is 19.4. The maximum absolute atomic E-state index is 13.6. The van der Waals surface area contributed by atoms with Crippen LogP contribution in [0.1, 0.15) is 38.3 Å². The predicted octanol–water partition coefficient (Wildman–Crippen LogP) is 6.24. The molecule has 3 aliphatic rings. The number of aromatic nitrogens is 2. The van der Waals surface area contributed by atoms with Gasteiger partial charge in [-0.1, -0.05) is 31.2 Å². The largest absolute Gasteiger partial charge is 0.439 e. The van der Waals surface area contributed by atoms with Crippen LogP contribution < -0.4 is 9.64 Å². The van der Waals surface area contributed by atoms with Crippen LogP contribution in [0.4, 0.5) is 23.5 Å². The number of piperidine rings is 2. The van der Waals surface area contributed by atoms with Crippen molar-refractivity contribution in [3.05, 3.63) is 65.6 Å². The zero-order valence-electron chi connectivity index (χ0n) is 20.2. The van der Waals surface area contributed by atoms with Crippen molar-refractivity contribution in [2.45, 2.75) is 44.8 Å². The van der Waals surface area contributed by atoms with Gasteiger partial charge in [-0.15, -0.1) is 0 Å². The van der Waals surface area contributed by atoms with Crippen molar-refractivity contribution in [1.82, 2.24) is 14.9 Å². The Morgan fingerprint density at radius 3 is 2.75 bits per heavy atom. The van der Waals surface area contributed by atoms with Crippen molar-refractivity contribution in [3.63, 3.8) is 0 Å². The molecule has 0 saturated carbocycles. The van der Waals surface area contributed by atoms with Gasteiger partial charge >= 0.3 is 6.18 Å². The lowest BCUT2D eigenvalue weighted by Gasteiger charge is -2.47. The zero-order chi connectivity index (χ0) is 25.3. The smallest absolute Gasteiger partial charge is 0.433 e. The number of alkyl halides is 3. The molecule has 2 aliphatic heterocycles. The Morgan fingerprint density at radius 1 is 1.11 bits per heavy atom. The van der Waals surface area contributed by atoms with E-state index in [1.54, 1.807) is 0 Å². The average molecular weight is 503 g/mol. The van der Waals surface area contributed by atoms with E-state index >= 15 is 0 Å². The molecule has 9 heteroatoms. The zero-order valence-corrected chi connectivity index (χ0v) is 20.2. The van der Waals surface area contributed by atoms with Crippen LogP contribution in [-0.4, -0.2) is 47.1 Å². The summed E-state index contributed by atoms with van der Waals surface area (Å²) in [4.78, 5) is 12.5. The molecular weight excluding hydrogens is 472 g/mol. The SMILES string of the molecule is CC1C=C(CN2CCCC3CN(c4nc(Oc5cccc(F)c5)cc(C(F)(F)F)n4)CCC32)C=CC1. The van der Waals surface area contributed by atoms with Gasteiger partial charge in [0.1, 0.15) is 11.6 Å². The van der Waals surface area contributed by atoms with E-state index in [0.717, 1.165) is 50.9 Å². The van der Waals surface area contributed by atoms with E-state index in [1.807, 2.05) is 4.90 Å². The number of fused-ring (bicyclic) bond motifs is 1. The first-order chi connectivity index (χ1) is 17.2. The molecule has 2 fully saturated rings. The Hall–Kier alpha value is -2.94. The number of rotatable bonds is 5. The molecule has 2 aromatic rings. The molecule has 5 rings (SSSR count). The van der Waals surface area contributed by atoms with Crippen LogP contribution >= 0.6 is 0 Å².